The lowest BCUT2D eigenvalue weighted by Gasteiger charge is -2.28. The molecular weight excluding hydrogens is 152 g/mol. The third-order valence-corrected chi connectivity index (χ3v) is 1.94. The molecule has 0 spiro atoms. The molecule has 0 radical (unpaired) electrons. The zero-order valence-electron chi connectivity index (χ0n) is 6.18. The molecule has 1 rings (SSSR count). The van der Waals surface area contributed by atoms with Gasteiger partial charge in [0.15, 0.2) is 6.29 Å². The highest BCUT2D eigenvalue weighted by molar-refractivity contribution is 6.18. The van der Waals surface area contributed by atoms with E-state index in [9.17, 15) is 0 Å². The Bertz CT molecular complexity index is 87.6. The normalized spacial score (nSPS) is 34.2. The first-order valence-corrected chi connectivity index (χ1v) is 4.23. The topological polar surface area (TPSA) is 18.5 Å². The molecule has 2 unspecified atom stereocenters. The molecule has 0 aromatic carbocycles. The van der Waals surface area contributed by atoms with Gasteiger partial charge in [0.1, 0.15) is 0 Å². The van der Waals surface area contributed by atoms with Gasteiger partial charge in [0.2, 0.25) is 0 Å². The fraction of sp³-hybridized carbons (Fsp3) is 1.00. The predicted octanol–water partition coefficient (Wildman–Crippen LogP) is 1.77. The summed E-state index contributed by atoms with van der Waals surface area (Å²) >= 11 is 5.62. The van der Waals surface area contributed by atoms with Gasteiger partial charge in [0, 0.05) is 5.88 Å². The van der Waals surface area contributed by atoms with Crippen molar-refractivity contribution in [3.8, 4) is 0 Å². The molecule has 1 fully saturated rings. The maximum Gasteiger partial charge on any atom is 0.157 e. The van der Waals surface area contributed by atoms with Crippen molar-refractivity contribution in [2.75, 3.05) is 12.5 Å². The van der Waals surface area contributed by atoms with Gasteiger partial charge in [-0.3, -0.25) is 0 Å². The van der Waals surface area contributed by atoms with E-state index in [4.69, 9.17) is 21.1 Å². The van der Waals surface area contributed by atoms with Crippen LogP contribution in [0.4, 0.5) is 0 Å². The molecular formula is C7H13ClO2. The lowest BCUT2D eigenvalue weighted by molar-refractivity contribution is -0.206. The average Bonchev–Trinajstić information content (AvgIpc) is 2.05. The van der Waals surface area contributed by atoms with Gasteiger partial charge in [-0.25, -0.2) is 0 Å². The second-order valence-electron chi connectivity index (χ2n) is 2.41. The Morgan fingerprint density at radius 3 is 3.00 bits per heavy atom. The van der Waals surface area contributed by atoms with E-state index < -0.39 is 0 Å². The van der Waals surface area contributed by atoms with E-state index in [0.717, 1.165) is 19.4 Å². The van der Waals surface area contributed by atoms with Gasteiger partial charge >= 0.3 is 0 Å². The van der Waals surface area contributed by atoms with Gasteiger partial charge in [-0.2, -0.15) is 0 Å². The van der Waals surface area contributed by atoms with Gasteiger partial charge in [-0.05, 0) is 12.8 Å². The summed E-state index contributed by atoms with van der Waals surface area (Å²) < 4.78 is 10.7. The fourth-order valence-corrected chi connectivity index (χ4v) is 1.21. The molecule has 0 amide bonds. The van der Waals surface area contributed by atoms with Gasteiger partial charge in [-0.1, -0.05) is 6.92 Å². The van der Waals surface area contributed by atoms with Crippen molar-refractivity contribution in [3.63, 3.8) is 0 Å². The van der Waals surface area contributed by atoms with Crippen molar-refractivity contribution in [2.45, 2.75) is 32.2 Å². The number of hydrogen-bond donors (Lipinski definition) is 0. The Labute approximate surface area is 66.5 Å². The summed E-state index contributed by atoms with van der Waals surface area (Å²) in [6, 6.07) is 0. The smallest absolute Gasteiger partial charge is 0.157 e. The highest BCUT2D eigenvalue weighted by atomic mass is 35.5. The van der Waals surface area contributed by atoms with Crippen LogP contribution in [-0.2, 0) is 9.47 Å². The summed E-state index contributed by atoms with van der Waals surface area (Å²) in [7, 11) is 0. The van der Waals surface area contributed by atoms with Gasteiger partial charge in [-0.15, -0.1) is 11.6 Å². The van der Waals surface area contributed by atoms with E-state index >= 15 is 0 Å². The van der Waals surface area contributed by atoms with Crippen molar-refractivity contribution in [1.29, 1.82) is 0 Å². The Morgan fingerprint density at radius 1 is 1.60 bits per heavy atom. The van der Waals surface area contributed by atoms with E-state index in [1.807, 2.05) is 6.92 Å². The Kier molecular flexibility index (Phi) is 3.46. The van der Waals surface area contributed by atoms with Crippen molar-refractivity contribution in [3.05, 3.63) is 0 Å². The minimum atomic E-state index is -0.0162. The molecule has 3 heteroatoms. The third kappa shape index (κ3) is 2.11. The minimum absolute atomic E-state index is 0.0162. The molecule has 0 aromatic heterocycles. The maximum absolute atomic E-state index is 5.62. The number of halogens is 1. The molecule has 1 aliphatic heterocycles. The number of ether oxygens (including phenoxy) is 2. The lowest BCUT2D eigenvalue weighted by atomic mass is 10.2. The molecule has 0 aromatic rings. The zero-order valence-corrected chi connectivity index (χ0v) is 6.93. The minimum Gasteiger partial charge on any atom is -0.353 e. The van der Waals surface area contributed by atoms with Crippen LogP contribution in [0.15, 0.2) is 0 Å². The van der Waals surface area contributed by atoms with Crippen molar-refractivity contribution >= 4 is 11.6 Å². The highest BCUT2D eigenvalue weighted by Crippen LogP contribution is 2.15. The van der Waals surface area contributed by atoms with Crippen molar-refractivity contribution in [2.24, 2.45) is 0 Å². The van der Waals surface area contributed by atoms with Crippen LogP contribution in [0.25, 0.3) is 0 Å². The molecule has 1 saturated heterocycles. The molecule has 2 nitrogen and oxygen atoms in total. The zero-order chi connectivity index (χ0) is 7.40. The van der Waals surface area contributed by atoms with Crippen LogP contribution < -0.4 is 0 Å². The van der Waals surface area contributed by atoms with Crippen LogP contribution in [0.3, 0.4) is 0 Å². The second-order valence-corrected chi connectivity index (χ2v) is 2.72. The van der Waals surface area contributed by atoms with Crippen LogP contribution in [-0.4, -0.2) is 24.9 Å². The molecule has 60 valence electrons. The summed E-state index contributed by atoms with van der Waals surface area (Å²) in [5.74, 6) is 0.583. The van der Waals surface area contributed by atoms with E-state index in [1.54, 1.807) is 0 Å². The van der Waals surface area contributed by atoms with E-state index in [0.29, 0.717) is 5.88 Å². The molecule has 10 heavy (non-hydrogen) atoms. The van der Waals surface area contributed by atoms with Crippen LogP contribution in [0.5, 0.6) is 0 Å². The highest BCUT2D eigenvalue weighted by Gasteiger charge is 2.19. The van der Waals surface area contributed by atoms with Crippen LogP contribution >= 0.6 is 11.6 Å². The summed E-state index contributed by atoms with van der Waals surface area (Å²) in [6.45, 7) is 2.83. The summed E-state index contributed by atoms with van der Waals surface area (Å²) in [6.07, 6.45) is 2.03. The Balaban J connectivity index is 2.25. The summed E-state index contributed by atoms with van der Waals surface area (Å²) in [4.78, 5) is 0. The number of rotatable bonds is 2. The Morgan fingerprint density at radius 2 is 2.40 bits per heavy atom. The molecule has 0 bridgehead atoms. The largest absolute Gasteiger partial charge is 0.353 e. The molecule has 1 heterocycles. The standard InChI is InChI=1S/C7H13ClO2/c1-2-7-9-4-3-6(5-8)10-7/h6-7H,2-5H2,1H3. The molecule has 1 aliphatic rings. The number of alkyl halides is 1. The first kappa shape index (κ1) is 8.31. The summed E-state index contributed by atoms with van der Waals surface area (Å²) in [5, 5.41) is 0. The first-order valence-electron chi connectivity index (χ1n) is 3.69. The van der Waals surface area contributed by atoms with E-state index in [2.05, 4.69) is 0 Å². The monoisotopic (exact) mass is 164 g/mol. The van der Waals surface area contributed by atoms with E-state index in [1.165, 1.54) is 0 Å². The van der Waals surface area contributed by atoms with Crippen molar-refractivity contribution < 1.29 is 9.47 Å². The van der Waals surface area contributed by atoms with Gasteiger partial charge < -0.3 is 9.47 Å². The first-order chi connectivity index (χ1) is 4.86. The molecule has 0 saturated carbocycles. The molecule has 2 atom stereocenters. The second kappa shape index (κ2) is 4.16. The molecule has 0 N–H and O–H groups in total. The van der Waals surface area contributed by atoms with Gasteiger partial charge in [0.05, 0.1) is 12.7 Å². The third-order valence-electron chi connectivity index (χ3n) is 1.59. The van der Waals surface area contributed by atoms with E-state index in [-0.39, 0.29) is 12.4 Å². The quantitative estimate of drug-likeness (QED) is 0.580. The van der Waals surface area contributed by atoms with Crippen LogP contribution in [0, 0.1) is 0 Å². The lowest BCUT2D eigenvalue weighted by Crippen LogP contribution is -2.32. The van der Waals surface area contributed by atoms with Gasteiger partial charge in [0.25, 0.3) is 0 Å². The summed E-state index contributed by atoms with van der Waals surface area (Å²) in [5.41, 5.74) is 0. The molecule has 0 aliphatic carbocycles. The fourth-order valence-electron chi connectivity index (χ4n) is 0.981. The van der Waals surface area contributed by atoms with Crippen LogP contribution in [0.2, 0.25) is 0 Å². The average molecular weight is 165 g/mol. The maximum atomic E-state index is 5.62. The SMILES string of the molecule is CCC1OCCC(CCl)O1. The predicted molar refractivity (Wildman–Crippen MR) is 40.2 cm³/mol. The number of hydrogen-bond acceptors (Lipinski definition) is 2. The van der Waals surface area contributed by atoms with Crippen molar-refractivity contribution in [1.82, 2.24) is 0 Å². The van der Waals surface area contributed by atoms with Crippen LogP contribution in [0.1, 0.15) is 19.8 Å². The Hall–Kier alpha value is 0.210.